The lowest BCUT2D eigenvalue weighted by Crippen LogP contribution is -2.44. The summed E-state index contributed by atoms with van der Waals surface area (Å²) >= 11 is 0. The van der Waals surface area contributed by atoms with Crippen LogP contribution in [0, 0.1) is 10.1 Å². The molecule has 2 rings (SSSR count). The summed E-state index contributed by atoms with van der Waals surface area (Å²) in [5.41, 5.74) is 5.82. The van der Waals surface area contributed by atoms with Crippen molar-refractivity contribution >= 4 is 17.4 Å². The summed E-state index contributed by atoms with van der Waals surface area (Å²) in [6, 6.07) is 4.52. The van der Waals surface area contributed by atoms with Crippen molar-refractivity contribution in [1.29, 1.82) is 0 Å². The van der Waals surface area contributed by atoms with Crippen LogP contribution >= 0.6 is 0 Å². The van der Waals surface area contributed by atoms with E-state index in [9.17, 15) is 14.9 Å². The average Bonchev–Trinajstić information content (AvgIpc) is 2.47. The van der Waals surface area contributed by atoms with E-state index in [1.165, 1.54) is 13.2 Å². The monoisotopic (exact) mass is 294 g/mol. The van der Waals surface area contributed by atoms with Gasteiger partial charge in [0.2, 0.25) is 0 Å². The van der Waals surface area contributed by atoms with Crippen molar-refractivity contribution in [1.82, 2.24) is 4.90 Å². The molecule has 0 radical (unpaired) electrons. The van der Waals surface area contributed by atoms with Gasteiger partial charge in [-0.25, -0.2) is 4.79 Å². The van der Waals surface area contributed by atoms with E-state index < -0.39 is 11.0 Å². The second-order valence-electron chi connectivity index (χ2n) is 4.89. The molecule has 0 atom stereocenters. The van der Waals surface area contributed by atoms with Crippen LogP contribution < -0.4 is 15.8 Å². The molecule has 1 aliphatic heterocycles. The Labute approximate surface area is 122 Å². The van der Waals surface area contributed by atoms with Crippen LogP contribution in [0.15, 0.2) is 18.2 Å². The molecule has 8 heteroatoms. The number of methoxy groups -OCH3 is 1. The zero-order valence-corrected chi connectivity index (χ0v) is 11.7. The molecule has 3 N–H and O–H groups in total. The molecule has 21 heavy (non-hydrogen) atoms. The minimum Gasteiger partial charge on any atom is -0.490 e. The van der Waals surface area contributed by atoms with E-state index in [0.29, 0.717) is 18.8 Å². The number of nitrogens with zero attached hydrogens (tertiary/aromatic N) is 2. The Morgan fingerprint density at radius 2 is 2.14 bits per heavy atom. The first-order valence-corrected chi connectivity index (χ1v) is 6.64. The van der Waals surface area contributed by atoms with Gasteiger partial charge in [-0.15, -0.1) is 0 Å². The summed E-state index contributed by atoms with van der Waals surface area (Å²) in [6.07, 6.45) is 1.51. The van der Waals surface area contributed by atoms with Gasteiger partial charge in [0.1, 0.15) is 0 Å². The number of benzene rings is 1. The smallest absolute Gasteiger partial charge is 0.314 e. The van der Waals surface area contributed by atoms with Gasteiger partial charge in [-0.3, -0.25) is 10.1 Å². The fourth-order valence-electron chi connectivity index (χ4n) is 2.40. The fourth-order valence-corrected chi connectivity index (χ4v) is 2.40. The first kappa shape index (κ1) is 14.9. The minimum atomic E-state index is -0.473. The number of carbonyl (C=O) groups is 1. The summed E-state index contributed by atoms with van der Waals surface area (Å²) < 4.78 is 4.96. The number of amides is 2. The standard InChI is InChI=1S/C13H18N4O4/c1-21-12-3-2-10(8-11(12)17(19)20)15-9-4-6-16(7-5-9)13(14)18/h2-3,8-9,15H,4-7H2,1H3,(H2,14,18). The number of ether oxygens (including phenoxy) is 1. The highest BCUT2D eigenvalue weighted by atomic mass is 16.6. The zero-order valence-electron chi connectivity index (χ0n) is 11.7. The normalized spacial score (nSPS) is 15.6. The third-order valence-corrected chi connectivity index (χ3v) is 3.55. The van der Waals surface area contributed by atoms with Gasteiger partial charge < -0.3 is 20.7 Å². The Kier molecular flexibility index (Phi) is 4.46. The molecule has 114 valence electrons. The van der Waals surface area contributed by atoms with Crippen molar-refractivity contribution in [2.75, 3.05) is 25.5 Å². The number of nitro groups is 1. The number of likely N-dealkylation sites (tertiary alicyclic amines) is 1. The van der Waals surface area contributed by atoms with Crippen molar-refractivity contribution in [3.05, 3.63) is 28.3 Å². The van der Waals surface area contributed by atoms with Crippen LogP contribution in [-0.2, 0) is 0 Å². The maximum Gasteiger partial charge on any atom is 0.314 e. The Bertz CT molecular complexity index is 541. The van der Waals surface area contributed by atoms with Crippen molar-refractivity contribution in [2.24, 2.45) is 5.73 Å². The Morgan fingerprint density at radius 3 is 2.67 bits per heavy atom. The van der Waals surface area contributed by atoms with E-state index in [2.05, 4.69) is 5.32 Å². The molecule has 0 aromatic heterocycles. The summed E-state index contributed by atoms with van der Waals surface area (Å²) in [6.45, 7) is 1.18. The number of anilines is 1. The van der Waals surface area contributed by atoms with Crippen molar-refractivity contribution in [3.8, 4) is 5.75 Å². The first-order chi connectivity index (χ1) is 10.0. The molecule has 1 heterocycles. The topological polar surface area (TPSA) is 111 Å². The van der Waals surface area contributed by atoms with E-state index in [-0.39, 0.29) is 17.5 Å². The largest absolute Gasteiger partial charge is 0.490 e. The molecule has 1 aromatic rings. The third-order valence-electron chi connectivity index (χ3n) is 3.55. The van der Waals surface area contributed by atoms with E-state index in [1.54, 1.807) is 17.0 Å². The molecule has 0 bridgehead atoms. The molecular formula is C13H18N4O4. The number of piperidine rings is 1. The highest BCUT2D eigenvalue weighted by Gasteiger charge is 2.22. The summed E-state index contributed by atoms with van der Waals surface area (Å²) in [7, 11) is 1.40. The average molecular weight is 294 g/mol. The van der Waals surface area contributed by atoms with Crippen LogP contribution in [0.2, 0.25) is 0 Å². The lowest BCUT2D eigenvalue weighted by molar-refractivity contribution is -0.385. The van der Waals surface area contributed by atoms with E-state index in [0.717, 1.165) is 12.8 Å². The Morgan fingerprint density at radius 1 is 1.48 bits per heavy atom. The molecule has 1 saturated heterocycles. The maximum absolute atomic E-state index is 11.0. The molecule has 0 aliphatic carbocycles. The molecule has 2 amide bonds. The second kappa shape index (κ2) is 6.29. The van der Waals surface area contributed by atoms with Gasteiger partial charge >= 0.3 is 11.7 Å². The van der Waals surface area contributed by atoms with Gasteiger partial charge in [0.25, 0.3) is 0 Å². The van der Waals surface area contributed by atoms with Gasteiger partial charge in [-0.1, -0.05) is 0 Å². The Balaban J connectivity index is 2.02. The first-order valence-electron chi connectivity index (χ1n) is 6.64. The number of carbonyl (C=O) groups excluding carboxylic acids is 1. The third kappa shape index (κ3) is 3.53. The number of nitrogens with one attached hydrogen (secondary N) is 1. The number of rotatable bonds is 4. The van der Waals surface area contributed by atoms with Crippen molar-refractivity contribution < 1.29 is 14.5 Å². The van der Waals surface area contributed by atoms with Crippen LogP contribution in [0.3, 0.4) is 0 Å². The number of nitro benzene ring substituents is 1. The quantitative estimate of drug-likeness (QED) is 0.646. The molecule has 1 fully saturated rings. The maximum atomic E-state index is 11.0. The number of hydrogen-bond acceptors (Lipinski definition) is 5. The van der Waals surface area contributed by atoms with Gasteiger partial charge in [0.05, 0.1) is 12.0 Å². The predicted octanol–water partition coefficient (Wildman–Crippen LogP) is 1.56. The molecule has 1 aliphatic rings. The summed E-state index contributed by atoms with van der Waals surface area (Å²) in [4.78, 5) is 23.2. The van der Waals surface area contributed by atoms with Crippen molar-refractivity contribution in [2.45, 2.75) is 18.9 Å². The van der Waals surface area contributed by atoms with Gasteiger partial charge in [-0.2, -0.15) is 0 Å². The lowest BCUT2D eigenvalue weighted by Gasteiger charge is -2.31. The number of nitrogens with two attached hydrogens (primary N) is 1. The van der Waals surface area contributed by atoms with Crippen LogP contribution in [-0.4, -0.2) is 42.1 Å². The SMILES string of the molecule is COc1ccc(NC2CCN(C(N)=O)CC2)cc1[N+](=O)[O-]. The van der Waals surface area contributed by atoms with Crippen LogP contribution in [0.4, 0.5) is 16.2 Å². The van der Waals surface area contributed by atoms with Crippen LogP contribution in [0.5, 0.6) is 5.75 Å². The summed E-state index contributed by atoms with van der Waals surface area (Å²) in [5, 5.41) is 14.2. The molecular weight excluding hydrogens is 276 g/mol. The highest BCUT2D eigenvalue weighted by Crippen LogP contribution is 2.30. The summed E-state index contributed by atoms with van der Waals surface area (Å²) in [5.74, 6) is 0.231. The van der Waals surface area contributed by atoms with Crippen molar-refractivity contribution in [3.63, 3.8) is 0 Å². The predicted molar refractivity (Wildman–Crippen MR) is 77.4 cm³/mol. The number of hydrogen-bond donors (Lipinski definition) is 2. The van der Waals surface area contributed by atoms with Crippen LogP contribution in [0.1, 0.15) is 12.8 Å². The number of urea groups is 1. The van der Waals surface area contributed by atoms with E-state index in [4.69, 9.17) is 10.5 Å². The fraction of sp³-hybridized carbons (Fsp3) is 0.462. The highest BCUT2D eigenvalue weighted by molar-refractivity contribution is 5.72. The molecule has 0 saturated carbocycles. The minimum absolute atomic E-state index is 0.0722. The Hall–Kier alpha value is -2.51. The molecule has 0 unspecified atom stereocenters. The van der Waals surface area contributed by atoms with Gasteiger partial charge in [0, 0.05) is 30.9 Å². The lowest BCUT2D eigenvalue weighted by atomic mass is 10.0. The molecule has 0 spiro atoms. The van der Waals surface area contributed by atoms with Gasteiger partial charge in [-0.05, 0) is 25.0 Å². The number of primary amides is 1. The second-order valence-corrected chi connectivity index (χ2v) is 4.89. The van der Waals surface area contributed by atoms with E-state index in [1.807, 2.05) is 0 Å². The molecule has 8 nitrogen and oxygen atoms in total. The molecule has 1 aromatic carbocycles. The van der Waals surface area contributed by atoms with Crippen LogP contribution in [0.25, 0.3) is 0 Å². The van der Waals surface area contributed by atoms with E-state index >= 15 is 0 Å². The van der Waals surface area contributed by atoms with Gasteiger partial charge in [0.15, 0.2) is 5.75 Å². The zero-order chi connectivity index (χ0) is 15.4.